The largest absolute Gasteiger partial charge is 0.354 e. The SMILES string of the molecule is Cl.NC1CCN(C(c2cc3nc(Cl)ccc3[nH]2)S(=O)(=O)c2ccccc2)C1=O. The monoisotopic (exact) mass is 440 g/mol. The van der Waals surface area contributed by atoms with E-state index in [2.05, 4.69) is 9.97 Å². The van der Waals surface area contributed by atoms with Gasteiger partial charge in [0, 0.05) is 6.54 Å². The van der Waals surface area contributed by atoms with Crippen molar-refractivity contribution in [1.29, 1.82) is 0 Å². The van der Waals surface area contributed by atoms with Crippen LogP contribution in [0.4, 0.5) is 0 Å². The number of hydrogen-bond donors (Lipinski definition) is 2. The molecule has 0 aliphatic carbocycles. The molecule has 1 aromatic carbocycles. The summed E-state index contributed by atoms with van der Waals surface area (Å²) in [5.74, 6) is -0.385. The third-order valence-corrected chi connectivity index (χ3v) is 6.89. The summed E-state index contributed by atoms with van der Waals surface area (Å²) in [6.07, 6.45) is 0.407. The molecule has 2 atom stereocenters. The lowest BCUT2D eigenvalue weighted by atomic mass is 10.3. The van der Waals surface area contributed by atoms with E-state index in [-0.39, 0.29) is 29.8 Å². The number of hydrogen-bond acceptors (Lipinski definition) is 5. The van der Waals surface area contributed by atoms with Gasteiger partial charge in [-0.3, -0.25) is 4.79 Å². The van der Waals surface area contributed by atoms with Crippen molar-refractivity contribution < 1.29 is 13.2 Å². The Bertz CT molecular complexity index is 1120. The van der Waals surface area contributed by atoms with E-state index in [1.807, 2.05) is 0 Å². The minimum Gasteiger partial charge on any atom is -0.354 e. The van der Waals surface area contributed by atoms with Gasteiger partial charge < -0.3 is 15.6 Å². The number of rotatable bonds is 4. The van der Waals surface area contributed by atoms with Crippen molar-refractivity contribution >= 4 is 50.8 Å². The molecule has 4 rings (SSSR count). The number of aromatic nitrogens is 2. The van der Waals surface area contributed by atoms with E-state index in [0.717, 1.165) is 0 Å². The molecule has 2 unspecified atom stereocenters. The van der Waals surface area contributed by atoms with Crippen LogP contribution in [0, 0.1) is 0 Å². The van der Waals surface area contributed by atoms with Crippen LogP contribution in [0.15, 0.2) is 53.4 Å². The summed E-state index contributed by atoms with van der Waals surface area (Å²) in [7, 11) is -3.89. The third kappa shape index (κ3) is 3.48. The van der Waals surface area contributed by atoms with Crippen molar-refractivity contribution in [1.82, 2.24) is 14.9 Å². The maximum Gasteiger partial charge on any atom is 0.240 e. The smallest absolute Gasteiger partial charge is 0.240 e. The highest BCUT2D eigenvalue weighted by Crippen LogP contribution is 2.35. The zero-order valence-corrected chi connectivity index (χ0v) is 17.0. The average Bonchev–Trinajstić information content (AvgIpc) is 3.20. The van der Waals surface area contributed by atoms with Gasteiger partial charge in [-0.2, -0.15) is 0 Å². The van der Waals surface area contributed by atoms with Crippen LogP contribution in [0.25, 0.3) is 11.0 Å². The predicted octanol–water partition coefficient (Wildman–Crippen LogP) is 2.67. The van der Waals surface area contributed by atoms with Crippen LogP contribution < -0.4 is 5.73 Å². The Morgan fingerprint density at radius 1 is 1.21 bits per heavy atom. The quantitative estimate of drug-likeness (QED) is 0.605. The molecular formula is C18H18Cl2N4O3S. The molecule has 28 heavy (non-hydrogen) atoms. The molecule has 1 fully saturated rings. The van der Waals surface area contributed by atoms with Crippen LogP contribution in [0.2, 0.25) is 5.15 Å². The predicted molar refractivity (Wildman–Crippen MR) is 109 cm³/mol. The number of halogens is 2. The number of sulfone groups is 1. The number of pyridine rings is 1. The van der Waals surface area contributed by atoms with Gasteiger partial charge in [0.15, 0.2) is 5.37 Å². The van der Waals surface area contributed by atoms with Crippen molar-refractivity contribution in [3.05, 3.63) is 59.4 Å². The number of carbonyl (C=O) groups excluding carboxylic acids is 1. The van der Waals surface area contributed by atoms with E-state index in [9.17, 15) is 13.2 Å². The highest BCUT2D eigenvalue weighted by atomic mass is 35.5. The number of carbonyl (C=O) groups is 1. The number of H-pyrrole nitrogens is 1. The zero-order chi connectivity index (χ0) is 19.2. The fourth-order valence-corrected chi connectivity index (χ4v) is 5.29. The minimum absolute atomic E-state index is 0. The van der Waals surface area contributed by atoms with Crippen LogP contribution in [-0.4, -0.2) is 41.8 Å². The van der Waals surface area contributed by atoms with Gasteiger partial charge in [-0.15, -0.1) is 12.4 Å². The summed E-state index contributed by atoms with van der Waals surface area (Å²) in [5, 5.41) is -0.913. The summed E-state index contributed by atoms with van der Waals surface area (Å²) in [4.78, 5) is 21.3. The average molecular weight is 441 g/mol. The summed E-state index contributed by atoms with van der Waals surface area (Å²) in [6, 6.07) is 12.3. The second kappa shape index (κ2) is 7.71. The topological polar surface area (TPSA) is 109 Å². The second-order valence-corrected chi connectivity index (χ2v) is 8.82. The van der Waals surface area contributed by atoms with Gasteiger partial charge in [-0.05, 0) is 36.8 Å². The Kier molecular flexibility index (Phi) is 5.67. The third-order valence-electron chi connectivity index (χ3n) is 4.66. The molecule has 2 aromatic heterocycles. The number of aromatic amines is 1. The Hall–Kier alpha value is -2.13. The van der Waals surface area contributed by atoms with Crippen molar-refractivity contribution in [2.75, 3.05) is 6.54 Å². The van der Waals surface area contributed by atoms with Crippen LogP contribution >= 0.6 is 24.0 Å². The highest BCUT2D eigenvalue weighted by Gasteiger charge is 2.42. The molecule has 0 saturated carbocycles. The Morgan fingerprint density at radius 2 is 1.93 bits per heavy atom. The summed E-state index contributed by atoms with van der Waals surface area (Å²) < 4.78 is 26.8. The van der Waals surface area contributed by atoms with Gasteiger partial charge in [0.1, 0.15) is 5.15 Å². The van der Waals surface area contributed by atoms with E-state index < -0.39 is 21.3 Å². The van der Waals surface area contributed by atoms with Gasteiger partial charge >= 0.3 is 0 Å². The van der Waals surface area contributed by atoms with Crippen LogP contribution in [0.1, 0.15) is 17.5 Å². The number of nitrogens with one attached hydrogen (secondary N) is 1. The van der Waals surface area contributed by atoms with E-state index in [4.69, 9.17) is 17.3 Å². The zero-order valence-electron chi connectivity index (χ0n) is 14.6. The summed E-state index contributed by atoms with van der Waals surface area (Å²) in [5.41, 5.74) is 7.36. The van der Waals surface area contributed by atoms with Crippen LogP contribution in [0.5, 0.6) is 0 Å². The van der Waals surface area contributed by atoms with E-state index in [1.54, 1.807) is 36.4 Å². The van der Waals surface area contributed by atoms with Gasteiger partial charge in [0.2, 0.25) is 15.7 Å². The van der Waals surface area contributed by atoms with E-state index in [1.165, 1.54) is 17.0 Å². The Morgan fingerprint density at radius 3 is 2.57 bits per heavy atom. The molecule has 1 saturated heterocycles. The fourth-order valence-electron chi connectivity index (χ4n) is 3.34. The molecule has 1 aliphatic heterocycles. The second-order valence-electron chi connectivity index (χ2n) is 6.43. The van der Waals surface area contributed by atoms with Crippen LogP contribution in [-0.2, 0) is 14.6 Å². The lowest BCUT2D eigenvalue weighted by Gasteiger charge is -2.27. The molecule has 3 heterocycles. The number of nitrogens with two attached hydrogens (primary N) is 1. The lowest BCUT2D eigenvalue weighted by molar-refractivity contribution is -0.129. The molecule has 0 spiro atoms. The molecule has 3 N–H and O–H groups in total. The number of nitrogens with zero attached hydrogens (tertiary/aromatic N) is 2. The molecular weight excluding hydrogens is 423 g/mol. The lowest BCUT2D eigenvalue weighted by Crippen LogP contribution is -2.39. The van der Waals surface area contributed by atoms with Crippen molar-refractivity contribution in [3.8, 4) is 0 Å². The van der Waals surface area contributed by atoms with Crippen LogP contribution in [0.3, 0.4) is 0 Å². The first-order chi connectivity index (χ1) is 12.9. The number of amides is 1. The van der Waals surface area contributed by atoms with Crippen molar-refractivity contribution in [3.63, 3.8) is 0 Å². The van der Waals surface area contributed by atoms with Gasteiger partial charge in [-0.1, -0.05) is 29.8 Å². The maximum absolute atomic E-state index is 13.4. The van der Waals surface area contributed by atoms with Crippen molar-refractivity contribution in [2.24, 2.45) is 5.73 Å². The van der Waals surface area contributed by atoms with Gasteiger partial charge in [-0.25, -0.2) is 13.4 Å². The molecule has 1 amide bonds. The first-order valence-corrected chi connectivity index (χ1v) is 10.3. The molecule has 1 aliphatic rings. The standard InChI is InChI=1S/C18H17ClN4O3S.ClH/c19-16-7-6-13-14(22-16)10-15(21-13)18(23-9-8-12(20)17(23)24)27(25,26)11-4-2-1-3-5-11;/h1-7,10,12,18,21H,8-9,20H2;1H. The summed E-state index contributed by atoms with van der Waals surface area (Å²) >= 11 is 5.94. The number of fused-ring (bicyclic) bond motifs is 1. The molecule has 148 valence electrons. The fraction of sp³-hybridized carbons (Fsp3) is 0.222. The normalized spacial score (nSPS) is 18.3. The molecule has 0 radical (unpaired) electrons. The first-order valence-electron chi connectivity index (χ1n) is 8.38. The molecule has 10 heteroatoms. The highest BCUT2D eigenvalue weighted by molar-refractivity contribution is 7.91. The molecule has 3 aromatic rings. The van der Waals surface area contributed by atoms with Crippen molar-refractivity contribution in [2.45, 2.75) is 22.7 Å². The van der Waals surface area contributed by atoms with Gasteiger partial charge in [0.05, 0.1) is 27.7 Å². The maximum atomic E-state index is 13.4. The summed E-state index contributed by atoms with van der Waals surface area (Å²) in [6.45, 7) is 0.264. The number of likely N-dealkylation sites (tertiary alicyclic amines) is 1. The van der Waals surface area contributed by atoms with E-state index in [0.29, 0.717) is 28.3 Å². The van der Waals surface area contributed by atoms with Gasteiger partial charge in [0.25, 0.3) is 0 Å². The number of benzene rings is 1. The Balaban J connectivity index is 0.00000225. The van der Waals surface area contributed by atoms with E-state index >= 15 is 0 Å². The minimum atomic E-state index is -3.89. The first kappa shape index (κ1) is 20.6. The Labute approximate surface area is 173 Å². The molecule has 0 bridgehead atoms. The molecule has 7 nitrogen and oxygen atoms in total.